The molecule has 30 heavy (non-hydrogen) atoms. The second kappa shape index (κ2) is 8.67. The van der Waals surface area contributed by atoms with Crippen molar-refractivity contribution >= 4 is 5.97 Å². The van der Waals surface area contributed by atoms with Crippen LogP contribution in [0.5, 0.6) is 5.75 Å². The SMILES string of the molecule is COc1ccc(-c2ccc(-c3cccnc3)c(C)c2C(OC(C)(C)C)C(=O)O)cc1. The van der Waals surface area contributed by atoms with Crippen molar-refractivity contribution in [1.82, 2.24) is 4.98 Å². The summed E-state index contributed by atoms with van der Waals surface area (Å²) in [5, 5.41) is 10.1. The van der Waals surface area contributed by atoms with Crippen LogP contribution in [0.3, 0.4) is 0 Å². The van der Waals surface area contributed by atoms with Gasteiger partial charge in [0.2, 0.25) is 0 Å². The monoisotopic (exact) mass is 405 g/mol. The summed E-state index contributed by atoms with van der Waals surface area (Å²) < 4.78 is 11.3. The molecule has 0 bridgehead atoms. The van der Waals surface area contributed by atoms with Gasteiger partial charge in [0.1, 0.15) is 5.75 Å². The van der Waals surface area contributed by atoms with E-state index in [0.717, 1.165) is 33.6 Å². The van der Waals surface area contributed by atoms with Gasteiger partial charge in [-0.25, -0.2) is 4.79 Å². The summed E-state index contributed by atoms with van der Waals surface area (Å²) in [4.78, 5) is 16.5. The maximum Gasteiger partial charge on any atom is 0.337 e. The predicted octanol–water partition coefficient (Wildman–Crippen LogP) is 5.67. The van der Waals surface area contributed by atoms with Gasteiger partial charge in [0.25, 0.3) is 0 Å². The van der Waals surface area contributed by atoms with Crippen LogP contribution in [0, 0.1) is 6.92 Å². The van der Waals surface area contributed by atoms with Crippen LogP contribution in [-0.2, 0) is 9.53 Å². The summed E-state index contributed by atoms with van der Waals surface area (Å²) in [6, 6.07) is 15.4. The van der Waals surface area contributed by atoms with Crippen molar-refractivity contribution in [3.63, 3.8) is 0 Å². The van der Waals surface area contributed by atoms with E-state index in [1.165, 1.54) is 0 Å². The highest BCUT2D eigenvalue weighted by molar-refractivity contribution is 5.84. The Balaban J connectivity index is 2.25. The summed E-state index contributed by atoms with van der Waals surface area (Å²) in [6.45, 7) is 7.51. The molecule has 1 heterocycles. The second-order valence-corrected chi connectivity index (χ2v) is 8.12. The molecule has 0 saturated carbocycles. The number of carboxylic acids is 1. The Kier molecular flexibility index (Phi) is 6.22. The smallest absolute Gasteiger partial charge is 0.337 e. The maximum atomic E-state index is 12.3. The second-order valence-electron chi connectivity index (χ2n) is 8.12. The molecule has 0 fully saturated rings. The molecule has 0 saturated heterocycles. The average Bonchev–Trinajstić information content (AvgIpc) is 2.72. The fraction of sp³-hybridized carbons (Fsp3) is 0.280. The molecule has 0 aliphatic rings. The Morgan fingerprint density at radius 2 is 1.67 bits per heavy atom. The number of rotatable bonds is 6. The summed E-state index contributed by atoms with van der Waals surface area (Å²) in [6.07, 6.45) is 2.38. The number of nitrogens with zero attached hydrogens (tertiary/aromatic N) is 1. The van der Waals surface area contributed by atoms with E-state index in [4.69, 9.17) is 9.47 Å². The molecule has 3 rings (SSSR count). The zero-order valence-electron chi connectivity index (χ0n) is 18.0. The summed E-state index contributed by atoms with van der Waals surface area (Å²) in [5.41, 5.74) is 4.44. The zero-order chi connectivity index (χ0) is 21.9. The van der Waals surface area contributed by atoms with E-state index in [9.17, 15) is 9.90 Å². The van der Waals surface area contributed by atoms with E-state index in [0.29, 0.717) is 5.56 Å². The number of carbonyl (C=O) groups is 1. The van der Waals surface area contributed by atoms with Crippen molar-refractivity contribution in [1.29, 1.82) is 0 Å². The van der Waals surface area contributed by atoms with Gasteiger partial charge < -0.3 is 14.6 Å². The minimum absolute atomic E-state index is 0.628. The lowest BCUT2D eigenvalue weighted by Gasteiger charge is -2.28. The number of aliphatic carboxylic acids is 1. The van der Waals surface area contributed by atoms with E-state index in [2.05, 4.69) is 4.98 Å². The van der Waals surface area contributed by atoms with Crippen LogP contribution in [0.25, 0.3) is 22.3 Å². The molecule has 0 amide bonds. The van der Waals surface area contributed by atoms with Crippen LogP contribution in [0.4, 0.5) is 0 Å². The number of benzene rings is 2. The quantitative estimate of drug-likeness (QED) is 0.572. The first kappa shape index (κ1) is 21.5. The lowest BCUT2D eigenvalue weighted by atomic mass is 9.87. The average molecular weight is 405 g/mol. The fourth-order valence-electron chi connectivity index (χ4n) is 3.51. The summed E-state index contributed by atoms with van der Waals surface area (Å²) >= 11 is 0. The van der Waals surface area contributed by atoms with Crippen molar-refractivity contribution in [2.24, 2.45) is 0 Å². The number of ether oxygens (including phenoxy) is 2. The van der Waals surface area contributed by atoms with Crippen molar-refractivity contribution in [2.45, 2.75) is 39.4 Å². The molecule has 2 aromatic carbocycles. The molecule has 1 aromatic heterocycles. The van der Waals surface area contributed by atoms with Gasteiger partial charge >= 0.3 is 5.97 Å². The van der Waals surface area contributed by atoms with E-state index >= 15 is 0 Å². The van der Waals surface area contributed by atoms with Crippen molar-refractivity contribution < 1.29 is 19.4 Å². The first-order chi connectivity index (χ1) is 14.2. The van der Waals surface area contributed by atoms with Crippen LogP contribution in [0.15, 0.2) is 60.9 Å². The summed E-state index contributed by atoms with van der Waals surface area (Å²) in [7, 11) is 1.62. The van der Waals surface area contributed by atoms with Crippen molar-refractivity contribution in [3.05, 3.63) is 72.1 Å². The van der Waals surface area contributed by atoms with Crippen LogP contribution in [0.2, 0.25) is 0 Å². The Hall–Kier alpha value is -3.18. The van der Waals surface area contributed by atoms with Crippen molar-refractivity contribution in [3.8, 4) is 28.0 Å². The predicted molar refractivity (Wildman–Crippen MR) is 118 cm³/mol. The Labute approximate surface area is 177 Å². The fourth-order valence-corrected chi connectivity index (χ4v) is 3.51. The third kappa shape index (κ3) is 4.69. The van der Waals surface area contributed by atoms with Crippen molar-refractivity contribution in [2.75, 3.05) is 7.11 Å². The number of pyridine rings is 1. The maximum absolute atomic E-state index is 12.3. The van der Waals surface area contributed by atoms with Gasteiger partial charge in [-0.15, -0.1) is 0 Å². The molecule has 156 valence electrons. The van der Waals surface area contributed by atoms with Crippen LogP contribution >= 0.6 is 0 Å². The number of hydrogen-bond acceptors (Lipinski definition) is 4. The van der Waals surface area contributed by atoms with Gasteiger partial charge in [0.05, 0.1) is 12.7 Å². The molecule has 3 aromatic rings. The molecular weight excluding hydrogens is 378 g/mol. The third-order valence-electron chi connectivity index (χ3n) is 4.85. The molecule has 1 N–H and O–H groups in total. The van der Waals surface area contributed by atoms with Gasteiger partial charge in [-0.2, -0.15) is 0 Å². The molecular formula is C25H27NO4. The molecule has 1 atom stereocenters. The molecule has 1 unspecified atom stereocenters. The number of methoxy groups -OCH3 is 1. The highest BCUT2D eigenvalue weighted by Gasteiger charge is 2.31. The van der Waals surface area contributed by atoms with Crippen LogP contribution in [0.1, 0.15) is 38.0 Å². The molecule has 0 radical (unpaired) electrons. The molecule has 0 spiro atoms. The minimum Gasteiger partial charge on any atom is -0.497 e. The molecule has 0 aliphatic carbocycles. The largest absolute Gasteiger partial charge is 0.497 e. The van der Waals surface area contributed by atoms with E-state index in [1.54, 1.807) is 19.5 Å². The number of hydrogen-bond donors (Lipinski definition) is 1. The highest BCUT2D eigenvalue weighted by atomic mass is 16.5. The van der Waals surface area contributed by atoms with Gasteiger partial charge in [-0.1, -0.05) is 30.3 Å². The van der Waals surface area contributed by atoms with Gasteiger partial charge in [-0.05, 0) is 68.1 Å². The minimum atomic E-state index is -1.11. The van der Waals surface area contributed by atoms with E-state index < -0.39 is 17.7 Å². The first-order valence-electron chi connectivity index (χ1n) is 9.80. The normalized spacial score (nSPS) is 12.4. The van der Waals surface area contributed by atoms with Crippen LogP contribution < -0.4 is 4.74 Å². The number of carboxylic acid groups (broad SMARTS) is 1. The standard InChI is InChI=1S/C25H27NO4/c1-16-20(18-7-6-14-26-15-18)12-13-21(17-8-10-19(29-5)11-9-17)22(16)23(24(27)28)30-25(2,3)4/h6-15,23H,1-5H3,(H,27,28). The van der Waals surface area contributed by atoms with Gasteiger partial charge in [-0.3, -0.25) is 4.98 Å². The highest BCUT2D eigenvalue weighted by Crippen LogP contribution is 2.39. The zero-order valence-corrected chi connectivity index (χ0v) is 18.0. The van der Waals surface area contributed by atoms with Gasteiger partial charge in [0, 0.05) is 23.5 Å². The first-order valence-corrected chi connectivity index (χ1v) is 9.80. The Bertz CT molecular complexity index is 1020. The summed E-state index contributed by atoms with van der Waals surface area (Å²) in [5.74, 6) is -0.282. The molecule has 0 aliphatic heterocycles. The lowest BCUT2D eigenvalue weighted by Crippen LogP contribution is -2.28. The topological polar surface area (TPSA) is 68.7 Å². The molecule has 5 nitrogen and oxygen atoms in total. The van der Waals surface area contributed by atoms with E-state index in [-0.39, 0.29) is 0 Å². The third-order valence-corrected chi connectivity index (χ3v) is 4.85. The Morgan fingerprint density at radius 1 is 1.00 bits per heavy atom. The molecule has 5 heteroatoms. The Morgan fingerprint density at radius 3 is 2.20 bits per heavy atom. The van der Waals surface area contributed by atoms with Gasteiger partial charge in [0.15, 0.2) is 6.10 Å². The lowest BCUT2D eigenvalue weighted by molar-refractivity contribution is -0.160. The van der Waals surface area contributed by atoms with Crippen LogP contribution in [-0.4, -0.2) is 28.8 Å². The number of aromatic nitrogens is 1. The van der Waals surface area contributed by atoms with E-state index in [1.807, 2.05) is 76.2 Å².